The molecule has 1 aromatic heterocycles. The van der Waals surface area contributed by atoms with Gasteiger partial charge in [0.2, 0.25) is 0 Å². The standard InChI is InChI=1S/C14H19NS/c1-10(11(2)15-3)8-12-9-16-14-7-5-4-6-13(12)14/h4-7,9-11,15H,8H2,1-3H3. The van der Waals surface area contributed by atoms with Crippen LogP contribution >= 0.6 is 11.3 Å². The summed E-state index contributed by atoms with van der Waals surface area (Å²) in [5.41, 5.74) is 1.50. The van der Waals surface area contributed by atoms with Crippen molar-refractivity contribution in [3.8, 4) is 0 Å². The average Bonchev–Trinajstić information content (AvgIpc) is 2.72. The van der Waals surface area contributed by atoms with Crippen molar-refractivity contribution >= 4 is 21.4 Å². The SMILES string of the molecule is CNC(C)C(C)Cc1csc2ccccc12. The molecule has 0 radical (unpaired) electrons. The van der Waals surface area contributed by atoms with Gasteiger partial charge in [0.05, 0.1) is 0 Å². The van der Waals surface area contributed by atoms with Crippen LogP contribution in [0.3, 0.4) is 0 Å². The van der Waals surface area contributed by atoms with Crippen molar-refractivity contribution in [2.24, 2.45) is 5.92 Å². The minimum Gasteiger partial charge on any atom is -0.317 e. The molecule has 16 heavy (non-hydrogen) atoms. The highest BCUT2D eigenvalue weighted by molar-refractivity contribution is 7.17. The van der Waals surface area contributed by atoms with Gasteiger partial charge in [-0.05, 0) is 48.7 Å². The van der Waals surface area contributed by atoms with Gasteiger partial charge >= 0.3 is 0 Å². The van der Waals surface area contributed by atoms with E-state index in [0.29, 0.717) is 12.0 Å². The van der Waals surface area contributed by atoms with Crippen LogP contribution in [0.1, 0.15) is 19.4 Å². The van der Waals surface area contributed by atoms with E-state index < -0.39 is 0 Å². The van der Waals surface area contributed by atoms with Gasteiger partial charge in [0, 0.05) is 10.7 Å². The zero-order valence-corrected chi connectivity index (χ0v) is 11.0. The van der Waals surface area contributed by atoms with Crippen LogP contribution in [0.15, 0.2) is 29.6 Å². The van der Waals surface area contributed by atoms with Gasteiger partial charge in [-0.2, -0.15) is 0 Å². The Hall–Kier alpha value is -0.860. The molecule has 0 spiro atoms. The number of hydrogen-bond donors (Lipinski definition) is 1. The fourth-order valence-corrected chi connectivity index (χ4v) is 2.97. The van der Waals surface area contributed by atoms with Crippen molar-refractivity contribution in [2.75, 3.05) is 7.05 Å². The van der Waals surface area contributed by atoms with Crippen LogP contribution in [0, 0.1) is 5.92 Å². The van der Waals surface area contributed by atoms with E-state index in [9.17, 15) is 0 Å². The molecule has 2 rings (SSSR count). The van der Waals surface area contributed by atoms with Gasteiger partial charge in [0.1, 0.15) is 0 Å². The number of benzene rings is 1. The molecular weight excluding hydrogens is 214 g/mol. The predicted octanol–water partition coefficient (Wildman–Crippen LogP) is 3.69. The fraction of sp³-hybridized carbons (Fsp3) is 0.429. The van der Waals surface area contributed by atoms with Gasteiger partial charge in [-0.3, -0.25) is 0 Å². The molecule has 0 aliphatic heterocycles. The topological polar surface area (TPSA) is 12.0 Å². The maximum atomic E-state index is 3.33. The Kier molecular flexibility index (Phi) is 3.62. The molecule has 1 N–H and O–H groups in total. The Morgan fingerprint density at radius 1 is 1.25 bits per heavy atom. The average molecular weight is 233 g/mol. The first-order valence-electron chi connectivity index (χ1n) is 5.84. The van der Waals surface area contributed by atoms with Gasteiger partial charge in [-0.15, -0.1) is 11.3 Å². The Morgan fingerprint density at radius 2 is 2.00 bits per heavy atom. The highest BCUT2D eigenvalue weighted by atomic mass is 32.1. The quantitative estimate of drug-likeness (QED) is 0.849. The molecule has 0 aliphatic carbocycles. The van der Waals surface area contributed by atoms with Crippen molar-refractivity contribution < 1.29 is 0 Å². The second-order valence-corrected chi connectivity index (χ2v) is 5.43. The minimum absolute atomic E-state index is 0.568. The molecule has 2 unspecified atom stereocenters. The summed E-state index contributed by atoms with van der Waals surface area (Å²) in [5.74, 6) is 0.669. The molecule has 0 aliphatic rings. The van der Waals surface area contributed by atoms with Crippen molar-refractivity contribution in [1.29, 1.82) is 0 Å². The summed E-state index contributed by atoms with van der Waals surface area (Å²) < 4.78 is 1.40. The molecule has 0 saturated heterocycles. The van der Waals surface area contributed by atoms with Crippen molar-refractivity contribution in [3.05, 3.63) is 35.2 Å². The molecule has 1 nitrogen and oxygen atoms in total. The van der Waals surface area contributed by atoms with E-state index in [4.69, 9.17) is 0 Å². The maximum absolute atomic E-state index is 3.33. The molecule has 0 amide bonds. The van der Waals surface area contributed by atoms with Crippen LogP contribution in [0.4, 0.5) is 0 Å². The first-order valence-corrected chi connectivity index (χ1v) is 6.72. The third-order valence-electron chi connectivity index (χ3n) is 3.41. The largest absolute Gasteiger partial charge is 0.317 e. The van der Waals surface area contributed by atoms with E-state index in [1.54, 1.807) is 0 Å². The highest BCUT2D eigenvalue weighted by Crippen LogP contribution is 2.28. The van der Waals surface area contributed by atoms with Crippen LogP contribution < -0.4 is 5.32 Å². The van der Waals surface area contributed by atoms with Gasteiger partial charge in [-0.25, -0.2) is 0 Å². The maximum Gasteiger partial charge on any atom is 0.0345 e. The summed E-state index contributed by atoms with van der Waals surface area (Å²) >= 11 is 1.85. The number of fused-ring (bicyclic) bond motifs is 1. The molecule has 2 atom stereocenters. The first kappa shape index (κ1) is 11.6. The van der Waals surface area contributed by atoms with Gasteiger partial charge in [-0.1, -0.05) is 25.1 Å². The Bertz CT molecular complexity index is 460. The van der Waals surface area contributed by atoms with Crippen molar-refractivity contribution in [2.45, 2.75) is 26.3 Å². The smallest absolute Gasteiger partial charge is 0.0345 e. The van der Waals surface area contributed by atoms with Crippen LogP contribution in [0.5, 0.6) is 0 Å². The summed E-state index contributed by atoms with van der Waals surface area (Å²) in [4.78, 5) is 0. The van der Waals surface area contributed by atoms with Crippen LogP contribution in [0.2, 0.25) is 0 Å². The summed E-state index contributed by atoms with van der Waals surface area (Å²) in [6.45, 7) is 4.56. The molecule has 0 saturated carbocycles. The molecule has 86 valence electrons. The van der Waals surface area contributed by atoms with Crippen molar-refractivity contribution in [1.82, 2.24) is 5.32 Å². The van der Waals surface area contributed by atoms with Gasteiger partial charge < -0.3 is 5.32 Å². The molecule has 0 bridgehead atoms. The Balaban J connectivity index is 2.21. The summed E-state index contributed by atoms with van der Waals surface area (Å²) in [7, 11) is 2.03. The number of nitrogens with one attached hydrogen (secondary N) is 1. The van der Waals surface area contributed by atoms with Crippen LogP contribution in [-0.4, -0.2) is 13.1 Å². The lowest BCUT2D eigenvalue weighted by Gasteiger charge is -2.18. The summed E-state index contributed by atoms with van der Waals surface area (Å²) in [6.07, 6.45) is 1.16. The van der Waals surface area contributed by atoms with E-state index >= 15 is 0 Å². The monoisotopic (exact) mass is 233 g/mol. The van der Waals surface area contributed by atoms with E-state index in [0.717, 1.165) is 6.42 Å². The van der Waals surface area contributed by atoms with Crippen molar-refractivity contribution in [3.63, 3.8) is 0 Å². The molecule has 1 aromatic carbocycles. The molecule has 1 heterocycles. The number of hydrogen-bond acceptors (Lipinski definition) is 2. The summed E-state index contributed by atoms with van der Waals surface area (Å²) in [6, 6.07) is 9.25. The zero-order valence-electron chi connectivity index (χ0n) is 10.2. The zero-order chi connectivity index (χ0) is 11.5. The molecular formula is C14H19NS. The second kappa shape index (κ2) is 4.98. The minimum atomic E-state index is 0.568. The highest BCUT2D eigenvalue weighted by Gasteiger charge is 2.13. The van der Waals surface area contributed by atoms with Gasteiger partial charge in [0.25, 0.3) is 0 Å². The number of thiophene rings is 1. The van der Waals surface area contributed by atoms with E-state index in [-0.39, 0.29) is 0 Å². The summed E-state index contributed by atoms with van der Waals surface area (Å²) in [5, 5.41) is 7.07. The second-order valence-electron chi connectivity index (χ2n) is 4.52. The molecule has 0 fully saturated rings. The fourth-order valence-electron chi connectivity index (χ4n) is 2.00. The Morgan fingerprint density at radius 3 is 2.75 bits per heavy atom. The third-order valence-corrected chi connectivity index (χ3v) is 4.42. The van der Waals surface area contributed by atoms with E-state index in [1.165, 1.54) is 15.6 Å². The van der Waals surface area contributed by atoms with Crippen LogP contribution in [-0.2, 0) is 6.42 Å². The van der Waals surface area contributed by atoms with E-state index in [1.807, 2.05) is 18.4 Å². The first-order chi connectivity index (χ1) is 7.72. The third kappa shape index (κ3) is 2.28. The molecule has 2 aromatic rings. The normalized spacial score (nSPS) is 15.2. The molecule has 2 heteroatoms. The van der Waals surface area contributed by atoms with Gasteiger partial charge in [0.15, 0.2) is 0 Å². The predicted molar refractivity (Wildman–Crippen MR) is 73.2 cm³/mol. The Labute approximate surface area is 101 Å². The lowest BCUT2D eigenvalue weighted by atomic mass is 9.95. The van der Waals surface area contributed by atoms with Crippen LogP contribution in [0.25, 0.3) is 10.1 Å². The van der Waals surface area contributed by atoms with E-state index in [2.05, 4.69) is 48.8 Å². The lowest BCUT2D eigenvalue weighted by Crippen LogP contribution is -2.29. The lowest BCUT2D eigenvalue weighted by molar-refractivity contribution is 0.425. The number of rotatable bonds is 4.